The van der Waals surface area contributed by atoms with Crippen LogP contribution >= 0.6 is 0 Å². The van der Waals surface area contributed by atoms with Crippen LogP contribution in [0.25, 0.3) is 0 Å². The zero-order chi connectivity index (χ0) is 16.4. The number of epoxide rings is 1. The summed E-state index contributed by atoms with van der Waals surface area (Å²) in [6.07, 6.45) is 7.02. The van der Waals surface area contributed by atoms with Crippen molar-refractivity contribution >= 4 is 5.97 Å². The van der Waals surface area contributed by atoms with E-state index in [-0.39, 0.29) is 42.2 Å². The molecule has 2 heterocycles. The normalized spacial score (nSPS) is 40.0. The molecule has 0 aromatic rings. The smallest absolute Gasteiger partial charge is 0.311 e. The van der Waals surface area contributed by atoms with E-state index < -0.39 is 0 Å². The molecule has 0 bridgehead atoms. The number of allylic oxidation sites excluding steroid dienone is 2. The summed E-state index contributed by atoms with van der Waals surface area (Å²) in [7, 11) is 0. The maximum atomic E-state index is 12.4. The lowest BCUT2D eigenvalue weighted by molar-refractivity contribution is -0.144. The fourth-order valence-electron chi connectivity index (χ4n) is 4.03. The Labute approximate surface area is 138 Å². The number of carbonyl (C=O) groups excluding carboxylic acids is 1. The third-order valence-electron chi connectivity index (χ3n) is 5.61. The molecule has 5 nitrogen and oxygen atoms in total. The third-order valence-corrected chi connectivity index (χ3v) is 5.61. The molecule has 0 unspecified atom stereocenters. The average Bonchev–Trinajstić information content (AvgIpc) is 3.08. The molecule has 1 aliphatic carbocycles. The van der Waals surface area contributed by atoms with Crippen LogP contribution in [0.1, 0.15) is 46.0 Å². The first-order chi connectivity index (χ1) is 11.0. The van der Waals surface area contributed by atoms with Crippen LogP contribution in [0.4, 0.5) is 0 Å². The number of carbonyl (C=O) groups is 1. The molecule has 5 atom stereocenters. The zero-order valence-corrected chi connectivity index (χ0v) is 14.2. The number of hydrogen-bond donors (Lipinski definition) is 2. The van der Waals surface area contributed by atoms with Crippen LogP contribution in [0.15, 0.2) is 11.6 Å². The highest BCUT2D eigenvalue weighted by atomic mass is 16.6. The van der Waals surface area contributed by atoms with E-state index in [2.05, 4.69) is 25.2 Å². The third kappa shape index (κ3) is 3.62. The lowest BCUT2D eigenvalue weighted by Gasteiger charge is -2.22. The van der Waals surface area contributed by atoms with Crippen molar-refractivity contribution in [3.05, 3.63) is 11.6 Å². The van der Waals surface area contributed by atoms with E-state index in [4.69, 9.17) is 14.6 Å². The molecule has 5 heteroatoms. The number of ether oxygens (including phenoxy) is 2. The number of nitrogens with one attached hydrogen (secondary N) is 1. The van der Waals surface area contributed by atoms with E-state index in [1.54, 1.807) is 0 Å². The monoisotopic (exact) mass is 323 g/mol. The van der Waals surface area contributed by atoms with E-state index in [1.807, 2.05) is 0 Å². The highest BCUT2D eigenvalue weighted by Crippen LogP contribution is 2.50. The number of aliphatic hydroxyl groups excluding tert-OH is 1. The van der Waals surface area contributed by atoms with Gasteiger partial charge in [0.15, 0.2) is 0 Å². The summed E-state index contributed by atoms with van der Waals surface area (Å²) in [5, 5.41) is 12.2. The SMILES string of the molecule is CC1=CCC[C@@]2(C)O[C@H]2[C@H]2OC(=O)[C@@H](CNCCCO)[C@@H]2CC1. The lowest BCUT2D eigenvalue weighted by Crippen LogP contribution is -2.34. The van der Waals surface area contributed by atoms with Gasteiger partial charge in [-0.1, -0.05) is 11.6 Å². The van der Waals surface area contributed by atoms with Gasteiger partial charge in [-0.2, -0.15) is 0 Å². The molecule has 0 aromatic heterocycles. The first-order valence-electron chi connectivity index (χ1n) is 8.90. The predicted molar refractivity (Wildman–Crippen MR) is 86.9 cm³/mol. The summed E-state index contributed by atoms with van der Waals surface area (Å²) >= 11 is 0. The quantitative estimate of drug-likeness (QED) is 0.349. The second kappa shape index (κ2) is 6.91. The molecule has 0 spiro atoms. The summed E-state index contributed by atoms with van der Waals surface area (Å²) < 4.78 is 11.7. The van der Waals surface area contributed by atoms with Gasteiger partial charge in [-0.3, -0.25) is 4.79 Å². The summed E-state index contributed by atoms with van der Waals surface area (Å²) in [5.41, 5.74) is 1.27. The van der Waals surface area contributed by atoms with E-state index in [1.165, 1.54) is 5.57 Å². The van der Waals surface area contributed by atoms with Gasteiger partial charge in [-0.15, -0.1) is 0 Å². The minimum atomic E-state index is -0.128. The first-order valence-corrected chi connectivity index (χ1v) is 8.90. The molecule has 0 aromatic carbocycles. The van der Waals surface area contributed by atoms with E-state index in [0.29, 0.717) is 13.0 Å². The van der Waals surface area contributed by atoms with Crippen molar-refractivity contribution in [2.75, 3.05) is 19.7 Å². The Bertz CT molecular complexity index is 478. The highest BCUT2D eigenvalue weighted by Gasteiger charge is 2.62. The second-order valence-electron chi connectivity index (χ2n) is 7.43. The Morgan fingerprint density at radius 3 is 3.09 bits per heavy atom. The molecule has 3 rings (SSSR count). The Balaban J connectivity index is 1.70. The molecular weight excluding hydrogens is 294 g/mol. The van der Waals surface area contributed by atoms with E-state index in [0.717, 1.165) is 32.2 Å². The molecular formula is C18H29NO4. The van der Waals surface area contributed by atoms with Gasteiger partial charge in [0.25, 0.3) is 0 Å². The van der Waals surface area contributed by atoms with Gasteiger partial charge in [0.2, 0.25) is 0 Å². The van der Waals surface area contributed by atoms with Crippen molar-refractivity contribution in [2.45, 2.75) is 63.8 Å². The van der Waals surface area contributed by atoms with Crippen LogP contribution in [-0.4, -0.2) is 48.6 Å². The topological polar surface area (TPSA) is 71.1 Å². The summed E-state index contributed by atoms with van der Waals surface area (Å²) in [6, 6.07) is 0. The Kier molecular flexibility index (Phi) is 5.09. The molecule has 23 heavy (non-hydrogen) atoms. The van der Waals surface area contributed by atoms with Crippen molar-refractivity contribution in [1.29, 1.82) is 0 Å². The lowest BCUT2D eigenvalue weighted by atomic mass is 9.80. The maximum absolute atomic E-state index is 12.4. The van der Waals surface area contributed by atoms with Crippen LogP contribution < -0.4 is 5.32 Å². The molecule has 3 aliphatic rings. The Morgan fingerprint density at radius 1 is 1.48 bits per heavy atom. The standard InChI is InChI=1S/C18H29NO4/c1-12-5-3-8-18(2)16(23-18)15-13(7-6-12)14(17(21)22-15)11-19-9-4-10-20/h5,13-16,19-20H,3-4,6-11H2,1-2H3/t13-,14-,15-,16-,18+/m0/s1. The maximum Gasteiger partial charge on any atom is 0.311 e. The Hall–Kier alpha value is -0.910. The second-order valence-corrected chi connectivity index (χ2v) is 7.43. The van der Waals surface area contributed by atoms with Gasteiger partial charge < -0.3 is 19.9 Å². The molecule has 0 saturated carbocycles. The molecule has 130 valence electrons. The number of rotatable bonds is 5. The fourth-order valence-corrected chi connectivity index (χ4v) is 4.03. The zero-order valence-electron chi connectivity index (χ0n) is 14.2. The van der Waals surface area contributed by atoms with Crippen LogP contribution in [0.3, 0.4) is 0 Å². The minimum Gasteiger partial charge on any atom is -0.459 e. The van der Waals surface area contributed by atoms with E-state index >= 15 is 0 Å². The number of hydrogen-bond acceptors (Lipinski definition) is 5. The Morgan fingerprint density at radius 2 is 2.30 bits per heavy atom. The van der Waals surface area contributed by atoms with E-state index in [9.17, 15) is 4.79 Å². The summed E-state index contributed by atoms with van der Waals surface area (Å²) in [5.74, 6) is 0.0343. The number of esters is 1. The molecule has 2 saturated heterocycles. The minimum absolute atomic E-state index is 0.0608. The van der Waals surface area contributed by atoms with Crippen LogP contribution in [0.5, 0.6) is 0 Å². The predicted octanol–water partition coefficient (Wildman–Crippen LogP) is 1.79. The number of aliphatic hydroxyl groups is 1. The van der Waals surface area contributed by atoms with Gasteiger partial charge in [0, 0.05) is 19.1 Å². The van der Waals surface area contributed by atoms with Gasteiger partial charge in [0.05, 0.1) is 11.5 Å². The van der Waals surface area contributed by atoms with Gasteiger partial charge in [-0.05, 0) is 52.5 Å². The molecule has 2 fully saturated rings. The van der Waals surface area contributed by atoms with Crippen molar-refractivity contribution in [1.82, 2.24) is 5.32 Å². The molecule has 0 amide bonds. The van der Waals surface area contributed by atoms with Gasteiger partial charge in [0.1, 0.15) is 12.2 Å². The number of fused-ring (bicyclic) bond motifs is 3. The van der Waals surface area contributed by atoms with Crippen molar-refractivity contribution in [3.63, 3.8) is 0 Å². The van der Waals surface area contributed by atoms with Gasteiger partial charge >= 0.3 is 5.97 Å². The first kappa shape index (κ1) is 16.9. The largest absolute Gasteiger partial charge is 0.459 e. The van der Waals surface area contributed by atoms with Crippen molar-refractivity contribution < 1.29 is 19.4 Å². The van der Waals surface area contributed by atoms with Crippen LogP contribution in [-0.2, 0) is 14.3 Å². The highest BCUT2D eigenvalue weighted by molar-refractivity contribution is 5.75. The van der Waals surface area contributed by atoms with Crippen molar-refractivity contribution in [3.8, 4) is 0 Å². The molecule has 0 radical (unpaired) electrons. The van der Waals surface area contributed by atoms with Crippen LogP contribution in [0, 0.1) is 11.8 Å². The molecule has 2 aliphatic heterocycles. The molecule has 2 N–H and O–H groups in total. The van der Waals surface area contributed by atoms with Crippen LogP contribution in [0.2, 0.25) is 0 Å². The summed E-state index contributed by atoms with van der Waals surface area (Å²) in [4.78, 5) is 12.4. The van der Waals surface area contributed by atoms with Crippen molar-refractivity contribution in [2.24, 2.45) is 11.8 Å². The summed E-state index contributed by atoms with van der Waals surface area (Å²) in [6.45, 7) is 5.85. The van der Waals surface area contributed by atoms with Gasteiger partial charge in [-0.25, -0.2) is 0 Å². The average molecular weight is 323 g/mol. The fraction of sp³-hybridized carbons (Fsp3) is 0.833.